The van der Waals surface area contributed by atoms with Crippen molar-refractivity contribution in [3.8, 4) is 11.5 Å². The number of nitrogens with one attached hydrogen (secondary N) is 1. The van der Waals surface area contributed by atoms with Crippen molar-refractivity contribution in [2.24, 2.45) is 0 Å². The summed E-state index contributed by atoms with van der Waals surface area (Å²) in [6.45, 7) is 0.0426. The SMILES string of the molecule is COc1ccc(CCN(C(=O)CN2C(=O)c3ccccc3S2(=O)=O)[C@H](C(=O)NC[C@H]2CCCO2)c2ccco2)cc1OC. The molecule has 0 unspecified atom stereocenters. The van der Waals surface area contributed by atoms with Crippen LogP contribution in [0.2, 0.25) is 0 Å². The van der Waals surface area contributed by atoms with E-state index in [2.05, 4.69) is 5.32 Å². The van der Waals surface area contributed by atoms with Crippen LogP contribution in [0.25, 0.3) is 0 Å². The molecule has 0 radical (unpaired) electrons. The summed E-state index contributed by atoms with van der Waals surface area (Å²) in [4.78, 5) is 41.9. The number of ether oxygens (including phenoxy) is 3. The Morgan fingerprint density at radius 3 is 2.56 bits per heavy atom. The number of rotatable bonds is 12. The predicted molar refractivity (Wildman–Crippen MR) is 153 cm³/mol. The molecule has 3 amide bonds. The van der Waals surface area contributed by atoms with Gasteiger partial charge in [0.1, 0.15) is 17.2 Å². The Bertz CT molecular complexity index is 1580. The van der Waals surface area contributed by atoms with Crippen LogP contribution in [0, 0.1) is 0 Å². The van der Waals surface area contributed by atoms with E-state index < -0.39 is 40.3 Å². The highest BCUT2D eigenvalue weighted by Gasteiger charge is 2.44. The van der Waals surface area contributed by atoms with Crippen molar-refractivity contribution in [3.05, 3.63) is 77.7 Å². The third kappa shape index (κ3) is 6.22. The summed E-state index contributed by atoms with van der Waals surface area (Å²) in [5, 5.41) is 2.86. The highest BCUT2D eigenvalue weighted by Crippen LogP contribution is 2.32. The van der Waals surface area contributed by atoms with Crippen LogP contribution in [0.4, 0.5) is 0 Å². The summed E-state index contributed by atoms with van der Waals surface area (Å²) in [7, 11) is -1.23. The number of carbonyl (C=O) groups excluding carboxylic acids is 3. The van der Waals surface area contributed by atoms with Crippen LogP contribution in [0.1, 0.15) is 40.6 Å². The largest absolute Gasteiger partial charge is 0.493 e. The quantitative estimate of drug-likeness (QED) is 0.327. The fourth-order valence-corrected chi connectivity index (χ4v) is 6.79. The number of hydrogen-bond donors (Lipinski definition) is 1. The number of amides is 3. The molecule has 3 aromatic rings. The molecule has 2 aliphatic heterocycles. The fourth-order valence-electron chi connectivity index (χ4n) is 5.27. The topological polar surface area (TPSA) is 145 Å². The van der Waals surface area contributed by atoms with Crippen molar-refractivity contribution >= 4 is 27.7 Å². The van der Waals surface area contributed by atoms with Crippen LogP contribution in [0.5, 0.6) is 11.5 Å². The van der Waals surface area contributed by atoms with Gasteiger partial charge < -0.3 is 28.8 Å². The van der Waals surface area contributed by atoms with Crippen LogP contribution in [-0.4, -0.2) is 81.9 Å². The molecule has 3 heterocycles. The highest BCUT2D eigenvalue weighted by atomic mass is 32.2. The summed E-state index contributed by atoms with van der Waals surface area (Å²) in [5.74, 6) is -0.880. The van der Waals surface area contributed by atoms with E-state index in [1.54, 1.807) is 36.4 Å². The zero-order valence-electron chi connectivity index (χ0n) is 23.9. The van der Waals surface area contributed by atoms with E-state index in [0.29, 0.717) is 22.4 Å². The number of methoxy groups -OCH3 is 2. The number of fused-ring (bicyclic) bond motifs is 1. The van der Waals surface area contributed by atoms with E-state index in [-0.39, 0.29) is 41.8 Å². The first-order valence-corrected chi connectivity index (χ1v) is 15.3. The molecule has 1 fully saturated rings. The highest BCUT2D eigenvalue weighted by molar-refractivity contribution is 7.90. The van der Waals surface area contributed by atoms with Crippen molar-refractivity contribution in [1.82, 2.24) is 14.5 Å². The Labute approximate surface area is 249 Å². The number of furan rings is 1. The van der Waals surface area contributed by atoms with Crippen LogP contribution in [0.3, 0.4) is 0 Å². The van der Waals surface area contributed by atoms with Crippen LogP contribution >= 0.6 is 0 Å². The summed E-state index contributed by atoms with van der Waals surface area (Å²) in [5.41, 5.74) is 0.759. The Morgan fingerprint density at radius 2 is 1.88 bits per heavy atom. The van der Waals surface area contributed by atoms with Gasteiger partial charge in [-0.2, -0.15) is 0 Å². The van der Waals surface area contributed by atoms with Gasteiger partial charge in [-0.3, -0.25) is 14.4 Å². The van der Waals surface area contributed by atoms with E-state index in [4.69, 9.17) is 18.6 Å². The number of sulfonamides is 1. The number of benzene rings is 2. The van der Waals surface area contributed by atoms with E-state index in [9.17, 15) is 22.8 Å². The minimum Gasteiger partial charge on any atom is -0.493 e. The zero-order valence-corrected chi connectivity index (χ0v) is 24.7. The van der Waals surface area contributed by atoms with Crippen molar-refractivity contribution in [1.29, 1.82) is 0 Å². The molecule has 5 rings (SSSR count). The molecule has 0 aliphatic carbocycles. The molecule has 2 aromatic carbocycles. The van der Waals surface area contributed by atoms with Crippen molar-refractivity contribution in [2.45, 2.75) is 36.3 Å². The van der Waals surface area contributed by atoms with E-state index >= 15 is 0 Å². The molecule has 43 heavy (non-hydrogen) atoms. The molecule has 1 saturated heterocycles. The maximum Gasteiger partial charge on any atom is 0.269 e. The Kier molecular flexibility index (Phi) is 9.02. The zero-order chi connectivity index (χ0) is 30.6. The van der Waals surface area contributed by atoms with Gasteiger partial charge >= 0.3 is 0 Å². The molecule has 12 nitrogen and oxygen atoms in total. The standard InChI is InChI=1S/C30H33N3O9S/c1-39-23-12-11-20(17-25(23)40-2)13-14-32(27(34)19-33-30(36)22-8-3-4-10-26(22)43(33,37)38)28(24-9-6-16-42-24)29(35)31-18-21-7-5-15-41-21/h3-4,6,8-12,16-17,21,28H,5,7,13-15,18-19H2,1-2H3,(H,31,35)/t21-,28+/m1/s1. The molecular formula is C30H33N3O9S. The van der Waals surface area contributed by atoms with Gasteiger partial charge in [-0.1, -0.05) is 18.2 Å². The summed E-state index contributed by atoms with van der Waals surface area (Å²) >= 11 is 0. The maximum atomic E-state index is 14.0. The second-order valence-electron chi connectivity index (χ2n) is 10.1. The molecule has 1 N–H and O–H groups in total. The Morgan fingerprint density at radius 1 is 1.09 bits per heavy atom. The normalized spacial score (nSPS) is 17.8. The third-order valence-corrected chi connectivity index (χ3v) is 9.29. The summed E-state index contributed by atoms with van der Waals surface area (Å²) in [6, 6.07) is 13.0. The molecule has 228 valence electrons. The van der Waals surface area contributed by atoms with E-state index in [0.717, 1.165) is 18.4 Å². The van der Waals surface area contributed by atoms with Crippen LogP contribution < -0.4 is 14.8 Å². The summed E-state index contributed by atoms with van der Waals surface area (Å²) < 4.78 is 49.0. The van der Waals surface area contributed by atoms with Gasteiger partial charge in [0.15, 0.2) is 17.5 Å². The average molecular weight is 612 g/mol. The molecule has 1 aromatic heterocycles. The smallest absolute Gasteiger partial charge is 0.269 e. The lowest BCUT2D eigenvalue weighted by Crippen LogP contribution is -2.49. The minimum atomic E-state index is -4.26. The van der Waals surface area contributed by atoms with E-state index in [1.165, 1.54) is 43.6 Å². The molecule has 0 spiro atoms. The van der Waals surface area contributed by atoms with E-state index in [1.807, 2.05) is 0 Å². The number of carbonyl (C=O) groups is 3. The monoisotopic (exact) mass is 611 g/mol. The molecule has 13 heteroatoms. The van der Waals surface area contributed by atoms with Gasteiger partial charge in [0.05, 0.1) is 32.2 Å². The second-order valence-corrected chi connectivity index (χ2v) is 12.0. The first-order valence-electron chi connectivity index (χ1n) is 13.8. The van der Waals surface area contributed by atoms with Gasteiger partial charge in [-0.15, -0.1) is 0 Å². The van der Waals surface area contributed by atoms with Gasteiger partial charge in [0, 0.05) is 19.7 Å². The lowest BCUT2D eigenvalue weighted by atomic mass is 10.1. The van der Waals surface area contributed by atoms with Gasteiger partial charge in [-0.25, -0.2) is 12.7 Å². The van der Waals surface area contributed by atoms with Crippen molar-refractivity contribution in [3.63, 3.8) is 0 Å². The predicted octanol–water partition coefficient (Wildman–Crippen LogP) is 2.55. The molecule has 2 aliphatic rings. The minimum absolute atomic E-state index is 0.0101. The average Bonchev–Trinajstić information content (AvgIpc) is 3.78. The molecule has 0 bridgehead atoms. The molecular weight excluding hydrogens is 578 g/mol. The lowest BCUT2D eigenvalue weighted by Gasteiger charge is -2.31. The Hall–Kier alpha value is -4.36. The molecule has 0 saturated carbocycles. The first-order chi connectivity index (χ1) is 20.7. The van der Waals surface area contributed by atoms with Crippen LogP contribution in [-0.2, 0) is 30.8 Å². The fraction of sp³-hybridized carbons (Fsp3) is 0.367. The van der Waals surface area contributed by atoms with Crippen molar-refractivity contribution in [2.75, 3.05) is 40.5 Å². The van der Waals surface area contributed by atoms with Gasteiger partial charge in [-0.05, 0) is 61.2 Å². The van der Waals surface area contributed by atoms with Gasteiger partial charge in [0.2, 0.25) is 5.91 Å². The van der Waals surface area contributed by atoms with Crippen molar-refractivity contribution < 1.29 is 41.4 Å². The number of hydrogen-bond acceptors (Lipinski definition) is 9. The third-order valence-electron chi connectivity index (χ3n) is 7.50. The first kappa shape index (κ1) is 30.1. The van der Waals surface area contributed by atoms with Gasteiger partial charge in [0.25, 0.3) is 21.8 Å². The second kappa shape index (κ2) is 12.9. The lowest BCUT2D eigenvalue weighted by molar-refractivity contribution is -0.141. The number of nitrogens with zero attached hydrogens (tertiary/aromatic N) is 2. The maximum absolute atomic E-state index is 14.0. The summed E-state index contributed by atoms with van der Waals surface area (Å²) in [6.07, 6.45) is 3.19. The van der Waals surface area contributed by atoms with Crippen LogP contribution in [0.15, 0.2) is 70.2 Å². The molecule has 2 atom stereocenters. The Balaban J connectivity index is 1.45.